The number of rotatable bonds is 5. The second-order valence-corrected chi connectivity index (χ2v) is 5.79. The maximum Gasteiger partial charge on any atom is 0.323 e. The van der Waals surface area contributed by atoms with Gasteiger partial charge in [-0.15, -0.1) is 0 Å². The Morgan fingerprint density at radius 1 is 0.885 bits per heavy atom. The lowest BCUT2D eigenvalue weighted by Gasteiger charge is -2.08. The molecule has 0 heterocycles. The van der Waals surface area contributed by atoms with Gasteiger partial charge in [0, 0.05) is 11.9 Å². The van der Waals surface area contributed by atoms with Crippen LogP contribution in [0.3, 0.4) is 0 Å². The van der Waals surface area contributed by atoms with E-state index >= 15 is 0 Å². The molecule has 3 aromatic carbocycles. The van der Waals surface area contributed by atoms with Crippen LogP contribution in [0.25, 0.3) is 6.08 Å². The summed E-state index contributed by atoms with van der Waals surface area (Å²) in [5, 5.41) is 5.47. The molecule has 0 aliphatic heterocycles. The van der Waals surface area contributed by atoms with Gasteiger partial charge in [-0.2, -0.15) is 0 Å². The Bertz CT molecular complexity index is 888. The molecule has 0 aliphatic carbocycles. The van der Waals surface area contributed by atoms with Gasteiger partial charge in [-0.25, -0.2) is 4.79 Å². The Morgan fingerprint density at radius 2 is 1.62 bits per heavy atom. The van der Waals surface area contributed by atoms with Gasteiger partial charge in [0.2, 0.25) is 0 Å². The molecule has 0 saturated heterocycles. The lowest BCUT2D eigenvalue weighted by atomic mass is 10.1. The highest BCUT2D eigenvalue weighted by Crippen LogP contribution is 2.22. The van der Waals surface area contributed by atoms with E-state index in [2.05, 4.69) is 10.6 Å². The van der Waals surface area contributed by atoms with Crippen molar-refractivity contribution in [2.75, 3.05) is 5.32 Å². The van der Waals surface area contributed by atoms with Crippen molar-refractivity contribution in [1.29, 1.82) is 0 Å². The van der Waals surface area contributed by atoms with Crippen molar-refractivity contribution in [2.24, 2.45) is 0 Å². The molecule has 130 valence electrons. The maximum atomic E-state index is 11.9. The zero-order chi connectivity index (χ0) is 18.2. The largest absolute Gasteiger partial charge is 0.457 e. The van der Waals surface area contributed by atoms with Crippen LogP contribution in [-0.4, -0.2) is 6.03 Å². The summed E-state index contributed by atoms with van der Waals surface area (Å²) in [4.78, 5) is 11.9. The molecule has 26 heavy (non-hydrogen) atoms. The number of hydrogen-bond acceptors (Lipinski definition) is 2. The zero-order valence-corrected chi connectivity index (χ0v) is 14.5. The minimum absolute atomic E-state index is 0.300. The lowest BCUT2D eigenvalue weighted by Crippen LogP contribution is -2.23. The van der Waals surface area contributed by atoms with Gasteiger partial charge in [-0.3, -0.25) is 0 Å². The number of aryl methyl sites for hydroxylation is 1. The predicted molar refractivity (Wildman–Crippen MR) is 105 cm³/mol. The molecule has 2 N–H and O–H groups in total. The minimum atomic E-state index is -0.300. The number of benzene rings is 3. The van der Waals surface area contributed by atoms with E-state index in [1.807, 2.05) is 79.7 Å². The fourth-order valence-electron chi connectivity index (χ4n) is 2.39. The van der Waals surface area contributed by atoms with Crippen molar-refractivity contribution in [1.82, 2.24) is 5.32 Å². The molecule has 4 nitrogen and oxygen atoms in total. The van der Waals surface area contributed by atoms with Crippen LogP contribution >= 0.6 is 0 Å². The Labute approximate surface area is 153 Å². The smallest absolute Gasteiger partial charge is 0.323 e. The number of carbonyl (C=O) groups is 1. The second-order valence-electron chi connectivity index (χ2n) is 5.79. The summed E-state index contributed by atoms with van der Waals surface area (Å²) in [6.45, 7) is 2.03. The molecule has 0 atom stereocenters. The topological polar surface area (TPSA) is 50.4 Å². The molecule has 3 aromatic rings. The highest BCUT2D eigenvalue weighted by molar-refractivity contribution is 5.90. The van der Waals surface area contributed by atoms with E-state index in [1.165, 1.54) is 5.56 Å². The first kappa shape index (κ1) is 17.3. The number of amides is 2. The SMILES string of the molecule is Cc1cccc(/C=C/NC(=O)Nc2ccc(Oc3ccccc3)cc2)c1. The summed E-state index contributed by atoms with van der Waals surface area (Å²) in [6.07, 6.45) is 3.47. The summed E-state index contributed by atoms with van der Waals surface area (Å²) >= 11 is 0. The number of urea groups is 1. The van der Waals surface area contributed by atoms with Gasteiger partial charge in [-0.05, 0) is 55.0 Å². The van der Waals surface area contributed by atoms with Crippen LogP contribution in [0.5, 0.6) is 11.5 Å². The molecule has 0 aromatic heterocycles. The van der Waals surface area contributed by atoms with E-state index in [4.69, 9.17) is 4.74 Å². The number of para-hydroxylation sites is 1. The summed E-state index contributed by atoms with van der Waals surface area (Å²) < 4.78 is 5.72. The first-order chi connectivity index (χ1) is 12.7. The van der Waals surface area contributed by atoms with Crippen LogP contribution in [0.4, 0.5) is 10.5 Å². The zero-order valence-electron chi connectivity index (χ0n) is 14.5. The van der Waals surface area contributed by atoms with Gasteiger partial charge >= 0.3 is 6.03 Å². The van der Waals surface area contributed by atoms with E-state index in [0.29, 0.717) is 11.4 Å². The van der Waals surface area contributed by atoms with Gasteiger partial charge in [0.25, 0.3) is 0 Å². The average molecular weight is 344 g/mol. The van der Waals surface area contributed by atoms with E-state index in [0.717, 1.165) is 11.3 Å². The Balaban J connectivity index is 1.51. The van der Waals surface area contributed by atoms with Gasteiger partial charge in [-0.1, -0.05) is 48.0 Å². The summed E-state index contributed by atoms with van der Waals surface area (Å²) in [6, 6.07) is 24.5. The Morgan fingerprint density at radius 3 is 2.35 bits per heavy atom. The summed E-state index contributed by atoms with van der Waals surface area (Å²) in [7, 11) is 0. The van der Waals surface area contributed by atoms with E-state index in [1.54, 1.807) is 18.3 Å². The molecule has 0 bridgehead atoms. The van der Waals surface area contributed by atoms with E-state index in [9.17, 15) is 4.79 Å². The van der Waals surface area contributed by atoms with Crippen LogP contribution in [0, 0.1) is 6.92 Å². The molecule has 0 saturated carbocycles. The number of hydrogen-bond donors (Lipinski definition) is 2. The third-order valence-electron chi connectivity index (χ3n) is 3.62. The van der Waals surface area contributed by atoms with Crippen molar-refractivity contribution in [3.63, 3.8) is 0 Å². The van der Waals surface area contributed by atoms with Crippen LogP contribution in [-0.2, 0) is 0 Å². The predicted octanol–water partition coefficient (Wildman–Crippen LogP) is 5.58. The highest BCUT2D eigenvalue weighted by Gasteiger charge is 2.01. The Kier molecular flexibility index (Phi) is 5.68. The van der Waals surface area contributed by atoms with Gasteiger partial charge in [0.1, 0.15) is 11.5 Å². The Hall–Kier alpha value is -3.53. The molecule has 0 spiro atoms. The molecule has 0 fully saturated rings. The van der Waals surface area contributed by atoms with Crippen molar-refractivity contribution < 1.29 is 9.53 Å². The van der Waals surface area contributed by atoms with Crippen molar-refractivity contribution >= 4 is 17.8 Å². The van der Waals surface area contributed by atoms with Crippen LogP contribution in [0.2, 0.25) is 0 Å². The highest BCUT2D eigenvalue weighted by atomic mass is 16.5. The van der Waals surface area contributed by atoms with Crippen molar-refractivity contribution in [3.05, 3.63) is 96.2 Å². The second kappa shape index (κ2) is 8.53. The quantitative estimate of drug-likeness (QED) is 0.635. The van der Waals surface area contributed by atoms with Crippen molar-refractivity contribution in [3.8, 4) is 11.5 Å². The minimum Gasteiger partial charge on any atom is -0.457 e. The fraction of sp³-hybridized carbons (Fsp3) is 0.0455. The molecule has 3 rings (SSSR count). The average Bonchev–Trinajstić information content (AvgIpc) is 2.64. The maximum absolute atomic E-state index is 11.9. The molecular weight excluding hydrogens is 324 g/mol. The molecule has 2 amide bonds. The number of anilines is 1. The molecule has 0 radical (unpaired) electrons. The van der Waals surface area contributed by atoms with E-state index < -0.39 is 0 Å². The first-order valence-electron chi connectivity index (χ1n) is 8.33. The van der Waals surface area contributed by atoms with Gasteiger partial charge in [0.05, 0.1) is 0 Å². The summed E-state index contributed by atoms with van der Waals surface area (Å²) in [5.41, 5.74) is 2.90. The third-order valence-corrected chi connectivity index (χ3v) is 3.62. The van der Waals surface area contributed by atoms with Crippen LogP contribution < -0.4 is 15.4 Å². The normalized spacial score (nSPS) is 10.5. The number of carbonyl (C=O) groups excluding carboxylic acids is 1. The lowest BCUT2D eigenvalue weighted by molar-refractivity contribution is 0.255. The number of nitrogens with one attached hydrogen (secondary N) is 2. The van der Waals surface area contributed by atoms with Crippen LogP contribution in [0.1, 0.15) is 11.1 Å². The van der Waals surface area contributed by atoms with E-state index in [-0.39, 0.29) is 6.03 Å². The number of ether oxygens (including phenoxy) is 1. The molecule has 0 aliphatic rings. The summed E-state index contributed by atoms with van der Waals surface area (Å²) in [5.74, 6) is 1.48. The monoisotopic (exact) mass is 344 g/mol. The van der Waals surface area contributed by atoms with Crippen LogP contribution in [0.15, 0.2) is 85.1 Å². The standard InChI is InChI=1S/C22H20N2O2/c1-17-6-5-7-18(16-17)14-15-23-22(25)24-19-10-12-21(13-11-19)26-20-8-3-2-4-9-20/h2-16H,1H3,(H2,23,24,25)/b15-14+. The molecule has 0 unspecified atom stereocenters. The molecule has 4 heteroatoms. The van der Waals surface area contributed by atoms with Gasteiger partial charge < -0.3 is 15.4 Å². The molecular formula is C22H20N2O2. The first-order valence-corrected chi connectivity index (χ1v) is 8.33. The third kappa shape index (κ3) is 5.24. The van der Waals surface area contributed by atoms with Gasteiger partial charge in [0.15, 0.2) is 0 Å². The van der Waals surface area contributed by atoms with Crippen molar-refractivity contribution in [2.45, 2.75) is 6.92 Å². The fourth-order valence-corrected chi connectivity index (χ4v) is 2.39.